The summed E-state index contributed by atoms with van der Waals surface area (Å²) in [6.45, 7) is 2.71. The van der Waals surface area contributed by atoms with Crippen molar-refractivity contribution in [3.8, 4) is 0 Å². The summed E-state index contributed by atoms with van der Waals surface area (Å²) < 4.78 is 43.7. The molecule has 20 heavy (non-hydrogen) atoms. The molecule has 1 aromatic carbocycles. The van der Waals surface area contributed by atoms with Gasteiger partial charge in [-0.05, 0) is 50.2 Å². The van der Waals surface area contributed by atoms with Gasteiger partial charge in [0.15, 0.2) is 0 Å². The molecule has 2 rings (SSSR count). The van der Waals surface area contributed by atoms with Crippen molar-refractivity contribution in [2.45, 2.75) is 44.6 Å². The van der Waals surface area contributed by atoms with Gasteiger partial charge in [0, 0.05) is 18.2 Å². The summed E-state index contributed by atoms with van der Waals surface area (Å²) in [7, 11) is 0. The summed E-state index contributed by atoms with van der Waals surface area (Å²) >= 11 is 0. The van der Waals surface area contributed by atoms with E-state index in [2.05, 4.69) is 0 Å². The van der Waals surface area contributed by atoms with Crippen LogP contribution < -0.4 is 0 Å². The van der Waals surface area contributed by atoms with Gasteiger partial charge in [-0.2, -0.15) is 8.78 Å². The molecule has 0 heterocycles. The lowest BCUT2D eigenvalue weighted by molar-refractivity contribution is 0.0328. The Morgan fingerprint density at radius 2 is 1.95 bits per heavy atom. The molecule has 0 spiro atoms. The molecular formula is C16H19F3O. The zero-order valence-corrected chi connectivity index (χ0v) is 11.5. The number of hydrogen-bond acceptors (Lipinski definition) is 1. The lowest BCUT2D eigenvalue weighted by Gasteiger charge is -2.28. The SMILES string of the molecule is CCOC1CCC(c2ccc(C=C(F)F)c(F)c2)CC1. The second-order valence-electron chi connectivity index (χ2n) is 5.14. The standard InChI is InChI=1S/C16H19F3O/c1-2-20-14-7-5-11(6-8-14)12-3-4-13(10-16(18)19)15(17)9-12/h3-4,9-11,14H,2,5-8H2,1H3. The Hall–Kier alpha value is -1.29. The van der Waals surface area contributed by atoms with Crippen molar-refractivity contribution in [1.82, 2.24) is 0 Å². The predicted octanol–water partition coefficient (Wildman–Crippen LogP) is 5.13. The van der Waals surface area contributed by atoms with Gasteiger partial charge in [-0.1, -0.05) is 12.1 Å². The van der Waals surface area contributed by atoms with Crippen molar-refractivity contribution in [2.24, 2.45) is 0 Å². The molecule has 0 aromatic heterocycles. The van der Waals surface area contributed by atoms with Crippen LogP contribution in [0.5, 0.6) is 0 Å². The van der Waals surface area contributed by atoms with Crippen LogP contribution in [-0.4, -0.2) is 12.7 Å². The number of halogens is 3. The zero-order valence-electron chi connectivity index (χ0n) is 11.5. The Balaban J connectivity index is 2.04. The van der Waals surface area contributed by atoms with Crippen LogP contribution in [0.25, 0.3) is 6.08 Å². The fourth-order valence-electron chi connectivity index (χ4n) is 2.83. The Morgan fingerprint density at radius 1 is 1.25 bits per heavy atom. The molecule has 0 amide bonds. The van der Waals surface area contributed by atoms with Crippen LogP contribution in [-0.2, 0) is 4.74 Å². The van der Waals surface area contributed by atoms with Crippen molar-refractivity contribution in [1.29, 1.82) is 0 Å². The molecule has 0 N–H and O–H groups in total. The summed E-state index contributed by atoms with van der Waals surface area (Å²) in [5.74, 6) is -0.281. The Bertz CT molecular complexity index is 473. The molecule has 1 saturated carbocycles. The molecule has 0 aliphatic heterocycles. The maximum atomic E-state index is 13.8. The van der Waals surface area contributed by atoms with E-state index < -0.39 is 11.9 Å². The molecule has 1 fully saturated rings. The third kappa shape index (κ3) is 3.85. The molecule has 0 unspecified atom stereocenters. The van der Waals surface area contributed by atoms with Crippen molar-refractivity contribution < 1.29 is 17.9 Å². The van der Waals surface area contributed by atoms with Gasteiger partial charge in [0.1, 0.15) is 5.82 Å². The first-order chi connectivity index (χ1) is 9.60. The fourth-order valence-corrected chi connectivity index (χ4v) is 2.83. The van der Waals surface area contributed by atoms with E-state index >= 15 is 0 Å². The van der Waals surface area contributed by atoms with Gasteiger partial charge in [0.25, 0.3) is 6.08 Å². The van der Waals surface area contributed by atoms with E-state index in [1.54, 1.807) is 6.07 Å². The van der Waals surface area contributed by atoms with Crippen LogP contribution in [0.2, 0.25) is 0 Å². The van der Waals surface area contributed by atoms with Crippen LogP contribution in [0.4, 0.5) is 13.2 Å². The molecule has 0 saturated heterocycles. The largest absolute Gasteiger partial charge is 0.379 e. The van der Waals surface area contributed by atoms with E-state index in [-0.39, 0.29) is 5.56 Å². The van der Waals surface area contributed by atoms with E-state index in [9.17, 15) is 13.2 Å². The number of ether oxygens (including phenoxy) is 1. The Kier molecular flexibility index (Phi) is 5.24. The number of rotatable bonds is 4. The highest BCUT2D eigenvalue weighted by atomic mass is 19.3. The van der Waals surface area contributed by atoms with Crippen LogP contribution in [0.3, 0.4) is 0 Å². The quantitative estimate of drug-likeness (QED) is 0.745. The average molecular weight is 284 g/mol. The van der Waals surface area contributed by atoms with Gasteiger partial charge in [0.05, 0.1) is 6.10 Å². The van der Waals surface area contributed by atoms with Gasteiger partial charge in [-0.15, -0.1) is 0 Å². The van der Waals surface area contributed by atoms with Crippen LogP contribution in [0.15, 0.2) is 24.3 Å². The van der Waals surface area contributed by atoms with Crippen molar-refractivity contribution in [3.05, 3.63) is 41.2 Å². The van der Waals surface area contributed by atoms with E-state index in [1.807, 2.05) is 6.92 Å². The third-order valence-electron chi connectivity index (χ3n) is 3.84. The van der Waals surface area contributed by atoms with E-state index in [1.165, 1.54) is 12.1 Å². The minimum Gasteiger partial charge on any atom is -0.379 e. The zero-order chi connectivity index (χ0) is 14.5. The molecular weight excluding hydrogens is 265 g/mol. The van der Waals surface area contributed by atoms with E-state index in [0.29, 0.717) is 18.1 Å². The third-order valence-corrected chi connectivity index (χ3v) is 3.84. The minimum absolute atomic E-state index is 0.0586. The highest BCUT2D eigenvalue weighted by Gasteiger charge is 2.23. The molecule has 0 bridgehead atoms. The summed E-state index contributed by atoms with van der Waals surface area (Å²) in [6.07, 6.45) is 2.85. The first-order valence-corrected chi connectivity index (χ1v) is 7.04. The summed E-state index contributed by atoms with van der Waals surface area (Å²) in [5, 5.41) is 0. The Morgan fingerprint density at radius 3 is 2.50 bits per heavy atom. The number of benzene rings is 1. The molecule has 1 aliphatic carbocycles. The van der Waals surface area contributed by atoms with Crippen molar-refractivity contribution in [3.63, 3.8) is 0 Å². The highest BCUT2D eigenvalue weighted by molar-refractivity contribution is 5.51. The molecule has 4 heteroatoms. The van der Waals surface area contributed by atoms with Crippen LogP contribution >= 0.6 is 0 Å². The van der Waals surface area contributed by atoms with Gasteiger partial charge < -0.3 is 4.74 Å². The molecule has 110 valence electrons. The Labute approximate surface area is 117 Å². The minimum atomic E-state index is -1.88. The second kappa shape index (κ2) is 6.93. The summed E-state index contributed by atoms with van der Waals surface area (Å²) in [4.78, 5) is 0. The van der Waals surface area contributed by atoms with Crippen molar-refractivity contribution in [2.75, 3.05) is 6.61 Å². The van der Waals surface area contributed by atoms with Gasteiger partial charge in [0.2, 0.25) is 0 Å². The molecule has 1 aromatic rings. The van der Waals surface area contributed by atoms with Crippen LogP contribution in [0.1, 0.15) is 49.7 Å². The first kappa shape index (κ1) is 15.1. The normalized spacial score (nSPS) is 22.6. The molecule has 0 atom stereocenters. The summed E-state index contributed by atoms with van der Waals surface area (Å²) in [5.41, 5.74) is 0.839. The monoisotopic (exact) mass is 284 g/mol. The smallest absolute Gasteiger partial charge is 0.271 e. The lowest BCUT2D eigenvalue weighted by Crippen LogP contribution is -2.20. The maximum absolute atomic E-state index is 13.8. The fraction of sp³-hybridized carbons (Fsp3) is 0.500. The van der Waals surface area contributed by atoms with Gasteiger partial charge >= 0.3 is 0 Å². The summed E-state index contributed by atoms with van der Waals surface area (Å²) in [6, 6.07) is 4.57. The molecule has 1 nitrogen and oxygen atoms in total. The van der Waals surface area contributed by atoms with Crippen molar-refractivity contribution >= 4 is 6.08 Å². The number of hydrogen-bond donors (Lipinski definition) is 0. The molecule has 1 aliphatic rings. The lowest BCUT2D eigenvalue weighted by atomic mass is 9.82. The van der Waals surface area contributed by atoms with E-state index in [4.69, 9.17) is 4.74 Å². The topological polar surface area (TPSA) is 9.23 Å². The van der Waals surface area contributed by atoms with Gasteiger partial charge in [-0.25, -0.2) is 4.39 Å². The van der Waals surface area contributed by atoms with Gasteiger partial charge in [-0.3, -0.25) is 0 Å². The first-order valence-electron chi connectivity index (χ1n) is 7.04. The average Bonchev–Trinajstić information content (AvgIpc) is 2.42. The maximum Gasteiger partial charge on any atom is 0.271 e. The van der Waals surface area contributed by atoms with Crippen LogP contribution in [0, 0.1) is 5.82 Å². The van der Waals surface area contributed by atoms with E-state index in [0.717, 1.165) is 37.9 Å². The predicted molar refractivity (Wildman–Crippen MR) is 73.2 cm³/mol. The second-order valence-corrected chi connectivity index (χ2v) is 5.14. The molecule has 0 radical (unpaired) electrons. The highest BCUT2D eigenvalue weighted by Crippen LogP contribution is 2.34.